The van der Waals surface area contributed by atoms with E-state index in [1.807, 2.05) is 21.8 Å². The zero-order valence-corrected chi connectivity index (χ0v) is 14.6. The van der Waals surface area contributed by atoms with Crippen molar-refractivity contribution in [3.63, 3.8) is 0 Å². The molecular formula is C19H26N4O. The van der Waals surface area contributed by atoms with Crippen LogP contribution in [0.25, 0.3) is 0 Å². The molecule has 1 aromatic carbocycles. The first kappa shape index (κ1) is 16.6. The molecule has 1 aliphatic rings. The highest BCUT2D eigenvalue weighted by molar-refractivity contribution is 5.77. The Balaban J connectivity index is 1.51. The summed E-state index contributed by atoms with van der Waals surface area (Å²) in [7, 11) is 0. The molecule has 128 valence electrons. The molecule has 0 unspecified atom stereocenters. The SMILES string of the molecule is Cc1ccccc1N1CCN(C(=O)CCCn2cccn2)[C@H](C)C1. The van der Waals surface area contributed by atoms with Crippen LogP contribution in [-0.4, -0.2) is 46.3 Å². The first-order valence-corrected chi connectivity index (χ1v) is 8.72. The van der Waals surface area contributed by atoms with E-state index in [1.165, 1.54) is 11.3 Å². The number of carbonyl (C=O) groups is 1. The monoisotopic (exact) mass is 326 g/mol. The van der Waals surface area contributed by atoms with Crippen LogP contribution in [0.5, 0.6) is 0 Å². The summed E-state index contributed by atoms with van der Waals surface area (Å²) in [6, 6.07) is 10.6. The Hall–Kier alpha value is -2.30. The zero-order valence-electron chi connectivity index (χ0n) is 14.6. The number of carbonyl (C=O) groups excluding carboxylic acids is 1. The maximum absolute atomic E-state index is 12.5. The molecule has 1 aromatic heterocycles. The second-order valence-corrected chi connectivity index (χ2v) is 6.54. The summed E-state index contributed by atoms with van der Waals surface area (Å²) < 4.78 is 1.88. The van der Waals surface area contributed by atoms with Crippen molar-refractivity contribution in [2.75, 3.05) is 24.5 Å². The van der Waals surface area contributed by atoms with Gasteiger partial charge in [-0.2, -0.15) is 5.10 Å². The number of aryl methyl sites for hydroxylation is 2. The number of nitrogens with zero attached hydrogens (tertiary/aromatic N) is 4. The number of benzene rings is 1. The number of aromatic nitrogens is 2. The van der Waals surface area contributed by atoms with E-state index in [2.05, 4.69) is 48.1 Å². The summed E-state index contributed by atoms with van der Waals surface area (Å²) in [4.78, 5) is 17.0. The summed E-state index contributed by atoms with van der Waals surface area (Å²) >= 11 is 0. The topological polar surface area (TPSA) is 41.4 Å². The quantitative estimate of drug-likeness (QED) is 0.848. The third-order valence-electron chi connectivity index (χ3n) is 4.74. The van der Waals surface area contributed by atoms with E-state index in [0.717, 1.165) is 32.6 Å². The number of anilines is 1. The van der Waals surface area contributed by atoms with Gasteiger partial charge < -0.3 is 9.80 Å². The Morgan fingerprint density at radius 1 is 1.25 bits per heavy atom. The van der Waals surface area contributed by atoms with Crippen LogP contribution in [0.15, 0.2) is 42.7 Å². The lowest BCUT2D eigenvalue weighted by molar-refractivity contribution is -0.133. The molecule has 0 saturated carbocycles. The predicted molar refractivity (Wildman–Crippen MR) is 96.0 cm³/mol. The molecule has 1 atom stereocenters. The molecule has 0 aliphatic carbocycles. The Morgan fingerprint density at radius 2 is 2.08 bits per heavy atom. The number of hydrogen-bond donors (Lipinski definition) is 0. The van der Waals surface area contributed by atoms with Crippen LogP contribution in [0, 0.1) is 6.92 Å². The molecule has 1 saturated heterocycles. The van der Waals surface area contributed by atoms with Crippen LogP contribution in [-0.2, 0) is 11.3 Å². The minimum atomic E-state index is 0.246. The molecule has 5 heteroatoms. The molecule has 5 nitrogen and oxygen atoms in total. The van der Waals surface area contributed by atoms with Gasteiger partial charge in [-0.05, 0) is 38.0 Å². The summed E-state index contributed by atoms with van der Waals surface area (Å²) in [5.74, 6) is 0.263. The number of rotatable bonds is 5. The lowest BCUT2D eigenvalue weighted by Gasteiger charge is -2.41. The van der Waals surface area contributed by atoms with Crippen LogP contribution < -0.4 is 4.90 Å². The van der Waals surface area contributed by atoms with E-state index in [1.54, 1.807) is 6.20 Å². The molecule has 24 heavy (non-hydrogen) atoms. The first-order valence-electron chi connectivity index (χ1n) is 8.72. The molecule has 0 N–H and O–H groups in total. The second kappa shape index (κ2) is 7.51. The van der Waals surface area contributed by atoms with Gasteiger partial charge in [0.1, 0.15) is 0 Å². The molecule has 3 rings (SSSR count). The van der Waals surface area contributed by atoms with Crippen molar-refractivity contribution >= 4 is 11.6 Å². The van der Waals surface area contributed by atoms with Crippen molar-refractivity contribution in [1.29, 1.82) is 0 Å². The Labute approximate surface area is 143 Å². The van der Waals surface area contributed by atoms with Gasteiger partial charge in [-0.25, -0.2) is 0 Å². The van der Waals surface area contributed by atoms with Gasteiger partial charge in [-0.1, -0.05) is 18.2 Å². The Bertz CT molecular complexity index is 668. The third-order valence-corrected chi connectivity index (χ3v) is 4.74. The molecule has 2 heterocycles. The van der Waals surface area contributed by atoms with E-state index >= 15 is 0 Å². The van der Waals surface area contributed by atoms with E-state index in [0.29, 0.717) is 6.42 Å². The molecule has 1 fully saturated rings. The van der Waals surface area contributed by atoms with Gasteiger partial charge in [-0.15, -0.1) is 0 Å². The molecule has 1 aliphatic heterocycles. The minimum absolute atomic E-state index is 0.246. The molecule has 0 radical (unpaired) electrons. The number of amides is 1. The van der Waals surface area contributed by atoms with Crippen molar-refractivity contribution in [2.24, 2.45) is 0 Å². The fraction of sp³-hybridized carbons (Fsp3) is 0.474. The fourth-order valence-corrected chi connectivity index (χ4v) is 3.43. The van der Waals surface area contributed by atoms with Crippen molar-refractivity contribution < 1.29 is 4.79 Å². The smallest absolute Gasteiger partial charge is 0.222 e. The highest BCUT2D eigenvalue weighted by Gasteiger charge is 2.27. The van der Waals surface area contributed by atoms with Gasteiger partial charge in [0.25, 0.3) is 0 Å². The average molecular weight is 326 g/mol. The number of hydrogen-bond acceptors (Lipinski definition) is 3. The number of piperazine rings is 1. The van der Waals surface area contributed by atoms with E-state index < -0.39 is 0 Å². The minimum Gasteiger partial charge on any atom is -0.367 e. The Kier molecular flexibility index (Phi) is 5.18. The van der Waals surface area contributed by atoms with Crippen molar-refractivity contribution in [1.82, 2.24) is 14.7 Å². The van der Waals surface area contributed by atoms with Crippen LogP contribution in [0.1, 0.15) is 25.3 Å². The summed E-state index contributed by atoms with van der Waals surface area (Å²) in [5.41, 5.74) is 2.58. The molecule has 2 aromatic rings. The molecule has 1 amide bonds. The van der Waals surface area contributed by atoms with Crippen LogP contribution in [0.4, 0.5) is 5.69 Å². The lowest BCUT2D eigenvalue weighted by atomic mass is 10.1. The van der Waals surface area contributed by atoms with Gasteiger partial charge in [0.05, 0.1) is 0 Å². The summed E-state index contributed by atoms with van der Waals surface area (Å²) in [6.07, 6.45) is 5.14. The van der Waals surface area contributed by atoms with Crippen LogP contribution >= 0.6 is 0 Å². The first-order chi connectivity index (χ1) is 11.6. The lowest BCUT2D eigenvalue weighted by Crippen LogP contribution is -2.54. The van der Waals surface area contributed by atoms with E-state index in [4.69, 9.17) is 0 Å². The predicted octanol–water partition coefficient (Wildman–Crippen LogP) is 2.71. The normalized spacial score (nSPS) is 18.0. The third kappa shape index (κ3) is 3.78. The van der Waals surface area contributed by atoms with Crippen LogP contribution in [0.3, 0.4) is 0 Å². The van der Waals surface area contributed by atoms with Crippen LogP contribution in [0.2, 0.25) is 0 Å². The highest BCUT2D eigenvalue weighted by Crippen LogP contribution is 2.23. The van der Waals surface area contributed by atoms with Gasteiger partial charge in [0.15, 0.2) is 0 Å². The second-order valence-electron chi connectivity index (χ2n) is 6.54. The van der Waals surface area contributed by atoms with Crippen molar-refractivity contribution in [2.45, 2.75) is 39.3 Å². The van der Waals surface area contributed by atoms with Crippen molar-refractivity contribution in [3.8, 4) is 0 Å². The maximum Gasteiger partial charge on any atom is 0.222 e. The Morgan fingerprint density at radius 3 is 2.79 bits per heavy atom. The van der Waals surface area contributed by atoms with E-state index in [9.17, 15) is 4.79 Å². The van der Waals surface area contributed by atoms with Gasteiger partial charge in [-0.3, -0.25) is 9.48 Å². The summed E-state index contributed by atoms with van der Waals surface area (Å²) in [5, 5.41) is 4.18. The van der Waals surface area contributed by atoms with Gasteiger partial charge >= 0.3 is 0 Å². The van der Waals surface area contributed by atoms with Crippen molar-refractivity contribution in [3.05, 3.63) is 48.3 Å². The van der Waals surface area contributed by atoms with E-state index in [-0.39, 0.29) is 11.9 Å². The maximum atomic E-state index is 12.5. The summed E-state index contributed by atoms with van der Waals surface area (Å²) in [6.45, 7) is 7.70. The van der Waals surface area contributed by atoms with Gasteiger partial charge in [0, 0.05) is 56.7 Å². The number of para-hydroxylation sites is 1. The standard InChI is InChI=1S/C19H26N4O/c1-16-7-3-4-8-18(16)21-13-14-23(17(2)15-21)19(24)9-5-11-22-12-6-10-20-22/h3-4,6-8,10,12,17H,5,9,11,13-15H2,1-2H3/t17-/m1/s1. The average Bonchev–Trinajstić information content (AvgIpc) is 3.08. The van der Waals surface area contributed by atoms with Gasteiger partial charge in [0.2, 0.25) is 5.91 Å². The molecule has 0 bridgehead atoms. The highest BCUT2D eigenvalue weighted by atomic mass is 16.2. The largest absolute Gasteiger partial charge is 0.367 e. The zero-order chi connectivity index (χ0) is 16.9. The molecular weight excluding hydrogens is 300 g/mol. The molecule has 0 spiro atoms. The fourth-order valence-electron chi connectivity index (χ4n) is 3.43.